The van der Waals surface area contributed by atoms with Gasteiger partial charge in [0.15, 0.2) is 0 Å². The van der Waals surface area contributed by atoms with Crippen LogP contribution in [0.2, 0.25) is 0 Å². The Kier molecular flexibility index (Phi) is 3.12. The van der Waals surface area contributed by atoms with Gasteiger partial charge >= 0.3 is 0 Å². The zero-order chi connectivity index (χ0) is 12.3. The maximum absolute atomic E-state index is 11.8. The Bertz CT molecular complexity index is 600. The van der Waals surface area contributed by atoms with E-state index in [9.17, 15) is 4.79 Å². The summed E-state index contributed by atoms with van der Waals surface area (Å²) in [6.45, 7) is 1.81. The van der Waals surface area contributed by atoms with Crippen molar-refractivity contribution in [2.45, 2.75) is 6.92 Å². The number of nitriles is 1. The van der Waals surface area contributed by atoms with Crippen LogP contribution in [-0.4, -0.2) is 16.1 Å². The first-order valence-electron chi connectivity index (χ1n) is 4.80. The van der Waals surface area contributed by atoms with Gasteiger partial charge in [-0.15, -0.1) is 10.2 Å². The van der Waals surface area contributed by atoms with Crippen molar-refractivity contribution < 1.29 is 4.79 Å². The first-order chi connectivity index (χ1) is 8.19. The molecule has 0 spiro atoms. The normalized spacial score (nSPS) is 9.65. The number of amides is 1. The highest BCUT2D eigenvalue weighted by Crippen LogP contribution is 2.15. The van der Waals surface area contributed by atoms with Crippen LogP contribution in [0.1, 0.15) is 20.9 Å². The van der Waals surface area contributed by atoms with E-state index < -0.39 is 0 Å². The Labute approximate surface area is 102 Å². The summed E-state index contributed by atoms with van der Waals surface area (Å²) in [7, 11) is 0. The highest BCUT2D eigenvalue weighted by molar-refractivity contribution is 7.15. The summed E-state index contributed by atoms with van der Waals surface area (Å²) in [5.41, 5.74) is 0.878. The number of nitrogens with one attached hydrogen (secondary N) is 1. The number of aromatic nitrogens is 2. The van der Waals surface area contributed by atoms with Crippen molar-refractivity contribution in [2.24, 2.45) is 0 Å². The maximum atomic E-state index is 11.8. The number of rotatable bonds is 2. The highest BCUT2D eigenvalue weighted by atomic mass is 32.1. The largest absolute Gasteiger partial charge is 0.296 e. The molecule has 1 aromatic carbocycles. The molecule has 0 unspecified atom stereocenters. The van der Waals surface area contributed by atoms with E-state index in [1.54, 1.807) is 18.2 Å². The molecule has 5 nitrogen and oxygen atoms in total. The van der Waals surface area contributed by atoms with Crippen molar-refractivity contribution in [3.63, 3.8) is 0 Å². The number of aryl methyl sites for hydroxylation is 1. The van der Waals surface area contributed by atoms with Gasteiger partial charge in [0.1, 0.15) is 5.01 Å². The predicted octanol–water partition coefficient (Wildman–Crippen LogP) is 1.97. The van der Waals surface area contributed by atoms with E-state index in [0.717, 1.165) is 5.01 Å². The van der Waals surface area contributed by atoms with Gasteiger partial charge in [0.05, 0.1) is 11.6 Å². The van der Waals surface area contributed by atoms with Gasteiger partial charge in [0.2, 0.25) is 5.13 Å². The third-order valence-electron chi connectivity index (χ3n) is 2.00. The molecule has 2 aromatic rings. The summed E-state index contributed by atoms with van der Waals surface area (Å²) in [4.78, 5) is 11.8. The second-order valence-electron chi connectivity index (χ2n) is 3.27. The molecule has 0 saturated carbocycles. The summed E-state index contributed by atoms with van der Waals surface area (Å²) in [5.74, 6) is -0.293. The zero-order valence-electron chi connectivity index (χ0n) is 8.97. The van der Waals surface area contributed by atoms with Crippen LogP contribution in [0.5, 0.6) is 0 Å². The summed E-state index contributed by atoms with van der Waals surface area (Å²) < 4.78 is 0. The van der Waals surface area contributed by atoms with Crippen LogP contribution >= 0.6 is 11.3 Å². The second kappa shape index (κ2) is 4.72. The molecule has 0 bridgehead atoms. The average Bonchev–Trinajstić information content (AvgIpc) is 2.75. The van der Waals surface area contributed by atoms with Gasteiger partial charge in [-0.2, -0.15) is 5.26 Å². The van der Waals surface area contributed by atoms with Crippen molar-refractivity contribution in [1.29, 1.82) is 5.26 Å². The molecule has 0 aliphatic carbocycles. The second-order valence-corrected chi connectivity index (χ2v) is 4.45. The smallest absolute Gasteiger partial charge is 0.257 e. The molecule has 0 aliphatic heterocycles. The first kappa shape index (κ1) is 11.2. The van der Waals surface area contributed by atoms with Gasteiger partial charge in [0, 0.05) is 5.56 Å². The molecule has 2 rings (SSSR count). The lowest BCUT2D eigenvalue weighted by Gasteiger charge is -2.00. The molecule has 17 heavy (non-hydrogen) atoms. The lowest BCUT2D eigenvalue weighted by atomic mass is 10.1. The molecule has 0 atom stereocenters. The van der Waals surface area contributed by atoms with E-state index in [2.05, 4.69) is 15.5 Å². The molecule has 1 N–H and O–H groups in total. The van der Waals surface area contributed by atoms with Crippen LogP contribution in [0.4, 0.5) is 5.13 Å². The quantitative estimate of drug-likeness (QED) is 0.875. The van der Waals surface area contributed by atoms with Crippen molar-refractivity contribution in [3.8, 4) is 6.07 Å². The average molecular weight is 244 g/mol. The Hall–Kier alpha value is -2.26. The van der Waals surface area contributed by atoms with Gasteiger partial charge < -0.3 is 0 Å². The zero-order valence-corrected chi connectivity index (χ0v) is 9.78. The fourth-order valence-corrected chi connectivity index (χ4v) is 1.83. The highest BCUT2D eigenvalue weighted by Gasteiger charge is 2.09. The van der Waals surface area contributed by atoms with Gasteiger partial charge in [0.25, 0.3) is 5.91 Å². The van der Waals surface area contributed by atoms with Crippen LogP contribution in [-0.2, 0) is 0 Å². The van der Waals surface area contributed by atoms with E-state index in [-0.39, 0.29) is 5.91 Å². The van der Waals surface area contributed by atoms with Gasteiger partial charge in [-0.05, 0) is 25.1 Å². The summed E-state index contributed by atoms with van der Waals surface area (Å²) in [6.07, 6.45) is 0. The number of carbonyl (C=O) groups is 1. The summed E-state index contributed by atoms with van der Waals surface area (Å²) in [6, 6.07) is 8.47. The van der Waals surface area contributed by atoms with E-state index in [1.165, 1.54) is 17.4 Å². The van der Waals surface area contributed by atoms with Crippen LogP contribution < -0.4 is 5.32 Å². The standard InChI is InChI=1S/C11H8N4OS/c1-7-14-15-11(17-7)13-10(16)9-4-2-3-8(5-9)6-12/h2-5H,1H3,(H,13,15,16). The number of hydrogen-bond acceptors (Lipinski definition) is 5. The predicted molar refractivity (Wildman–Crippen MR) is 63.8 cm³/mol. The SMILES string of the molecule is Cc1nnc(NC(=O)c2cccc(C#N)c2)s1. The fraction of sp³-hybridized carbons (Fsp3) is 0.0909. The van der Waals surface area contributed by atoms with Crippen LogP contribution in [0, 0.1) is 18.3 Å². The van der Waals surface area contributed by atoms with Crippen LogP contribution in [0.25, 0.3) is 0 Å². The third-order valence-corrected chi connectivity index (χ3v) is 2.75. The van der Waals surface area contributed by atoms with Gasteiger partial charge in [-0.1, -0.05) is 17.4 Å². The summed E-state index contributed by atoms with van der Waals surface area (Å²) >= 11 is 1.30. The number of hydrogen-bond donors (Lipinski definition) is 1. The molecule has 1 heterocycles. The minimum atomic E-state index is -0.293. The first-order valence-corrected chi connectivity index (χ1v) is 5.62. The molecule has 0 fully saturated rings. The lowest BCUT2D eigenvalue weighted by molar-refractivity contribution is 0.102. The minimum absolute atomic E-state index is 0.293. The number of nitrogens with zero attached hydrogens (tertiary/aromatic N) is 3. The molecular formula is C11H8N4OS. The molecule has 0 saturated heterocycles. The molecule has 1 amide bonds. The molecule has 1 aromatic heterocycles. The molecule has 0 aliphatic rings. The van der Waals surface area contributed by atoms with Gasteiger partial charge in [-0.3, -0.25) is 10.1 Å². The fourth-order valence-electron chi connectivity index (χ4n) is 1.25. The maximum Gasteiger partial charge on any atom is 0.257 e. The number of carbonyl (C=O) groups excluding carboxylic acids is 1. The third kappa shape index (κ3) is 2.65. The molecule has 84 valence electrons. The van der Waals surface area contributed by atoms with Crippen molar-refractivity contribution in [2.75, 3.05) is 5.32 Å². The monoisotopic (exact) mass is 244 g/mol. The van der Waals surface area contributed by atoms with E-state index in [4.69, 9.17) is 5.26 Å². The van der Waals surface area contributed by atoms with Crippen molar-refractivity contribution in [1.82, 2.24) is 10.2 Å². The van der Waals surface area contributed by atoms with Gasteiger partial charge in [-0.25, -0.2) is 0 Å². The van der Waals surface area contributed by atoms with Crippen LogP contribution in [0.3, 0.4) is 0 Å². The Balaban J connectivity index is 2.17. The van der Waals surface area contributed by atoms with E-state index in [1.807, 2.05) is 13.0 Å². The van der Waals surface area contributed by atoms with E-state index in [0.29, 0.717) is 16.3 Å². The van der Waals surface area contributed by atoms with Crippen molar-refractivity contribution in [3.05, 3.63) is 40.4 Å². The Morgan fingerprint density at radius 1 is 1.47 bits per heavy atom. The number of anilines is 1. The van der Waals surface area contributed by atoms with Crippen molar-refractivity contribution >= 4 is 22.4 Å². The topological polar surface area (TPSA) is 78.7 Å². The molecular weight excluding hydrogens is 236 g/mol. The molecule has 0 radical (unpaired) electrons. The van der Waals surface area contributed by atoms with E-state index >= 15 is 0 Å². The number of benzene rings is 1. The Morgan fingerprint density at radius 2 is 2.29 bits per heavy atom. The summed E-state index contributed by atoms with van der Waals surface area (Å²) in [5, 5.41) is 20.2. The van der Waals surface area contributed by atoms with Crippen LogP contribution in [0.15, 0.2) is 24.3 Å². The lowest BCUT2D eigenvalue weighted by Crippen LogP contribution is -2.11. The molecule has 6 heteroatoms. The minimum Gasteiger partial charge on any atom is -0.296 e. The Morgan fingerprint density at radius 3 is 2.94 bits per heavy atom.